The summed E-state index contributed by atoms with van der Waals surface area (Å²) < 4.78 is 0. The third kappa shape index (κ3) is 7.89. The Hall–Kier alpha value is -0.110. The molecule has 0 amide bonds. The fourth-order valence-corrected chi connectivity index (χ4v) is 0.840. The zero-order valence-electron chi connectivity index (χ0n) is 5.85. The highest BCUT2D eigenvalue weighted by atomic mass is 32.1. The van der Waals surface area contributed by atoms with E-state index in [1.165, 1.54) is 12.8 Å². The molecule has 0 rings (SSSR count). The van der Waals surface area contributed by atoms with Crippen molar-refractivity contribution < 1.29 is 4.79 Å². The molecule has 9 heavy (non-hydrogen) atoms. The van der Waals surface area contributed by atoms with Crippen molar-refractivity contribution in [1.29, 1.82) is 0 Å². The molecule has 0 aliphatic rings. The van der Waals surface area contributed by atoms with Crippen LogP contribution < -0.4 is 0 Å². The van der Waals surface area contributed by atoms with Crippen LogP contribution in [0.5, 0.6) is 0 Å². The van der Waals surface area contributed by atoms with E-state index < -0.39 is 0 Å². The number of rotatable bonds is 5. The first-order valence-corrected chi connectivity index (χ1v) is 3.88. The van der Waals surface area contributed by atoms with Crippen LogP contribution in [0.4, 0.5) is 0 Å². The molecule has 0 N–H and O–H groups in total. The zero-order chi connectivity index (χ0) is 7.11. The minimum absolute atomic E-state index is 0.0916. The molecule has 0 atom stereocenters. The second kappa shape index (κ2) is 6.02. The van der Waals surface area contributed by atoms with Gasteiger partial charge in [0.15, 0.2) is 0 Å². The molecule has 0 aliphatic heterocycles. The molecule has 0 fully saturated rings. The molecule has 0 aromatic rings. The highest BCUT2D eigenvalue weighted by Gasteiger charge is 1.93. The SMILES string of the molecule is CCCCCCC(=O)[S]. The van der Waals surface area contributed by atoms with Gasteiger partial charge in [-0.25, -0.2) is 0 Å². The van der Waals surface area contributed by atoms with Crippen molar-refractivity contribution in [2.75, 3.05) is 0 Å². The summed E-state index contributed by atoms with van der Waals surface area (Å²) in [5.74, 6) is 0. The summed E-state index contributed by atoms with van der Waals surface area (Å²) in [6, 6.07) is 0. The van der Waals surface area contributed by atoms with Gasteiger partial charge in [-0.2, -0.15) is 0 Å². The lowest BCUT2D eigenvalue weighted by molar-refractivity contribution is -0.110. The molecular formula is C7H13OS. The maximum absolute atomic E-state index is 10.2. The highest BCUT2D eigenvalue weighted by Crippen LogP contribution is 2.03. The van der Waals surface area contributed by atoms with E-state index in [1.54, 1.807) is 0 Å². The molecule has 0 aromatic heterocycles. The van der Waals surface area contributed by atoms with Crippen LogP contribution in [-0.2, 0) is 4.79 Å². The van der Waals surface area contributed by atoms with Crippen molar-refractivity contribution in [3.8, 4) is 0 Å². The number of carbonyl (C=O) groups is 1. The second-order valence-electron chi connectivity index (χ2n) is 2.18. The lowest BCUT2D eigenvalue weighted by Crippen LogP contribution is -1.85. The fraction of sp³-hybridized carbons (Fsp3) is 0.857. The van der Waals surface area contributed by atoms with Crippen LogP contribution in [0.15, 0.2) is 0 Å². The lowest BCUT2D eigenvalue weighted by Gasteiger charge is -1.92. The Morgan fingerprint density at radius 2 is 2.00 bits per heavy atom. The van der Waals surface area contributed by atoms with E-state index in [1.807, 2.05) is 0 Å². The largest absolute Gasteiger partial charge is 0.282 e. The number of unbranched alkanes of at least 4 members (excludes halogenated alkanes) is 3. The van der Waals surface area contributed by atoms with Gasteiger partial charge in [-0.3, -0.25) is 4.79 Å². The van der Waals surface area contributed by atoms with Crippen molar-refractivity contribution in [2.45, 2.75) is 39.0 Å². The first kappa shape index (κ1) is 8.89. The van der Waals surface area contributed by atoms with E-state index in [-0.39, 0.29) is 5.12 Å². The average molecular weight is 145 g/mol. The Balaban J connectivity index is 2.83. The van der Waals surface area contributed by atoms with Crippen LogP contribution in [-0.4, -0.2) is 5.12 Å². The van der Waals surface area contributed by atoms with Crippen LogP contribution >= 0.6 is 12.6 Å². The van der Waals surface area contributed by atoms with Gasteiger partial charge in [0.1, 0.15) is 0 Å². The molecule has 0 aliphatic carbocycles. The fourth-order valence-electron chi connectivity index (χ4n) is 0.696. The number of hydrogen-bond donors (Lipinski definition) is 0. The van der Waals surface area contributed by atoms with Crippen molar-refractivity contribution in [1.82, 2.24) is 0 Å². The molecule has 2 heteroatoms. The van der Waals surface area contributed by atoms with E-state index in [9.17, 15) is 4.79 Å². The van der Waals surface area contributed by atoms with Gasteiger partial charge in [-0.1, -0.05) is 26.2 Å². The van der Waals surface area contributed by atoms with Crippen molar-refractivity contribution >= 4 is 17.7 Å². The maximum atomic E-state index is 10.2. The Bertz CT molecular complexity index is 81.0. The standard InChI is InChI=1S/C7H13OS/c1-2-3-4-5-6-7(8)9/h2-6H2,1H3. The Morgan fingerprint density at radius 3 is 2.44 bits per heavy atom. The van der Waals surface area contributed by atoms with E-state index in [0.717, 1.165) is 12.8 Å². The third-order valence-electron chi connectivity index (χ3n) is 1.23. The lowest BCUT2D eigenvalue weighted by atomic mass is 10.2. The van der Waals surface area contributed by atoms with Crippen molar-refractivity contribution in [2.24, 2.45) is 0 Å². The molecule has 53 valence electrons. The molecule has 0 unspecified atom stereocenters. The van der Waals surface area contributed by atoms with Crippen LogP contribution in [0.2, 0.25) is 0 Å². The molecular weight excluding hydrogens is 132 g/mol. The number of carbonyl (C=O) groups excluding carboxylic acids is 1. The van der Waals surface area contributed by atoms with Crippen molar-refractivity contribution in [3.05, 3.63) is 0 Å². The first-order valence-electron chi connectivity index (χ1n) is 3.47. The van der Waals surface area contributed by atoms with E-state index in [2.05, 4.69) is 19.6 Å². The highest BCUT2D eigenvalue weighted by molar-refractivity contribution is 7.96. The van der Waals surface area contributed by atoms with Gasteiger partial charge in [0, 0.05) is 6.42 Å². The summed E-state index contributed by atoms with van der Waals surface area (Å²) in [7, 11) is 0. The third-order valence-corrected chi connectivity index (χ3v) is 1.44. The van der Waals surface area contributed by atoms with Gasteiger partial charge in [-0.15, -0.1) is 0 Å². The first-order chi connectivity index (χ1) is 4.27. The smallest absolute Gasteiger partial charge is 0.218 e. The van der Waals surface area contributed by atoms with Gasteiger partial charge in [0.2, 0.25) is 5.12 Å². The summed E-state index contributed by atoms with van der Waals surface area (Å²) in [6.45, 7) is 2.15. The maximum Gasteiger partial charge on any atom is 0.218 e. The molecule has 1 radical (unpaired) electrons. The average Bonchev–Trinajstić information content (AvgIpc) is 1.80. The molecule has 0 aromatic carbocycles. The summed E-state index contributed by atoms with van der Waals surface area (Å²) in [5, 5.41) is -0.0916. The van der Waals surface area contributed by atoms with Gasteiger partial charge >= 0.3 is 0 Å². The van der Waals surface area contributed by atoms with Gasteiger partial charge in [0.25, 0.3) is 0 Å². The van der Waals surface area contributed by atoms with Gasteiger partial charge < -0.3 is 0 Å². The minimum atomic E-state index is -0.0916. The predicted octanol–water partition coefficient (Wildman–Crippen LogP) is 2.68. The summed E-state index contributed by atoms with van der Waals surface area (Å²) in [4.78, 5) is 10.2. The Labute approximate surface area is 62.2 Å². The monoisotopic (exact) mass is 145 g/mol. The van der Waals surface area contributed by atoms with Crippen molar-refractivity contribution in [3.63, 3.8) is 0 Å². The minimum Gasteiger partial charge on any atom is -0.282 e. The molecule has 0 saturated heterocycles. The Morgan fingerprint density at radius 1 is 1.33 bits per heavy atom. The quantitative estimate of drug-likeness (QED) is 0.543. The molecule has 0 heterocycles. The molecule has 0 spiro atoms. The normalized spacial score (nSPS) is 9.44. The summed E-state index contributed by atoms with van der Waals surface area (Å²) in [6.07, 6.45) is 5.17. The second-order valence-corrected chi connectivity index (χ2v) is 2.64. The van der Waals surface area contributed by atoms with E-state index >= 15 is 0 Å². The van der Waals surface area contributed by atoms with E-state index in [0.29, 0.717) is 6.42 Å². The molecule has 0 saturated carbocycles. The topological polar surface area (TPSA) is 17.1 Å². The number of hydrogen-bond acceptors (Lipinski definition) is 1. The molecule has 0 bridgehead atoms. The van der Waals surface area contributed by atoms with Gasteiger partial charge in [0.05, 0.1) is 0 Å². The Kier molecular flexibility index (Phi) is 5.94. The zero-order valence-corrected chi connectivity index (χ0v) is 6.67. The van der Waals surface area contributed by atoms with Crippen LogP contribution in [0.1, 0.15) is 39.0 Å². The predicted molar refractivity (Wildman–Crippen MR) is 41.4 cm³/mol. The summed E-state index contributed by atoms with van der Waals surface area (Å²) in [5.41, 5.74) is 0. The van der Waals surface area contributed by atoms with Crippen LogP contribution in [0.25, 0.3) is 0 Å². The summed E-state index contributed by atoms with van der Waals surface area (Å²) >= 11 is 4.39. The van der Waals surface area contributed by atoms with Gasteiger partial charge in [-0.05, 0) is 19.0 Å². The molecule has 1 nitrogen and oxygen atoms in total. The van der Waals surface area contributed by atoms with Crippen LogP contribution in [0, 0.1) is 0 Å². The van der Waals surface area contributed by atoms with E-state index in [4.69, 9.17) is 0 Å². The van der Waals surface area contributed by atoms with Crippen LogP contribution in [0.3, 0.4) is 0 Å².